The molecule has 24 heavy (non-hydrogen) atoms. The van der Waals surface area contributed by atoms with Gasteiger partial charge in [0, 0.05) is 29.1 Å². The normalized spacial score (nSPS) is 19.8. The summed E-state index contributed by atoms with van der Waals surface area (Å²) < 4.78 is 27.1. The van der Waals surface area contributed by atoms with Crippen LogP contribution in [0.5, 0.6) is 0 Å². The van der Waals surface area contributed by atoms with Crippen molar-refractivity contribution in [1.29, 1.82) is 0 Å². The Bertz CT molecular complexity index is 763. The van der Waals surface area contributed by atoms with Gasteiger partial charge in [0.2, 0.25) is 10.0 Å². The Morgan fingerprint density at radius 1 is 1.04 bits per heavy atom. The summed E-state index contributed by atoms with van der Waals surface area (Å²) in [6.07, 6.45) is 0.842. The molecule has 0 aromatic heterocycles. The summed E-state index contributed by atoms with van der Waals surface area (Å²) in [6, 6.07) is 17.3. The maximum atomic E-state index is 12.7. The van der Waals surface area contributed by atoms with Gasteiger partial charge in [0.25, 0.3) is 0 Å². The quantitative estimate of drug-likeness (QED) is 0.790. The second kappa shape index (κ2) is 7.91. The molecule has 0 saturated carbocycles. The molecule has 1 atom stereocenters. The van der Waals surface area contributed by atoms with Crippen molar-refractivity contribution in [2.24, 2.45) is 0 Å². The summed E-state index contributed by atoms with van der Waals surface area (Å²) in [5, 5.41) is 0.981. The van der Waals surface area contributed by atoms with Gasteiger partial charge < -0.3 is 0 Å². The number of thioether (sulfide) groups is 1. The maximum Gasteiger partial charge on any atom is 0.218 e. The van der Waals surface area contributed by atoms with Gasteiger partial charge in [-0.2, -0.15) is 11.8 Å². The van der Waals surface area contributed by atoms with Gasteiger partial charge in [-0.05, 0) is 29.7 Å². The Hall–Kier alpha value is -1.01. The van der Waals surface area contributed by atoms with E-state index in [1.807, 2.05) is 30.0 Å². The Morgan fingerprint density at radius 3 is 2.46 bits per heavy atom. The highest BCUT2D eigenvalue weighted by atomic mass is 35.5. The molecular formula is C18H20ClNO2S2. The lowest BCUT2D eigenvalue weighted by Crippen LogP contribution is -2.34. The molecule has 0 bridgehead atoms. The molecule has 0 aliphatic carbocycles. The molecule has 128 valence electrons. The van der Waals surface area contributed by atoms with Crippen LogP contribution in [0.25, 0.3) is 0 Å². The fraction of sp³-hybridized carbons (Fsp3) is 0.333. The number of rotatable bonds is 4. The number of hydrogen-bond acceptors (Lipinski definition) is 3. The van der Waals surface area contributed by atoms with E-state index in [0.717, 1.165) is 17.7 Å². The molecule has 0 radical (unpaired) electrons. The highest BCUT2D eigenvalue weighted by Gasteiger charge is 2.27. The van der Waals surface area contributed by atoms with E-state index in [0.29, 0.717) is 23.4 Å². The smallest absolute Gasteiger partial charge is 0.212 e. The second-order valence-corrected chi connectivity index (χ2v) is 9.56. The van der Waals surface area contributed by atoms with Crippen molar-refractivity contribution < 1.29 is 8.42 Å². The van der Waals surface area contributed by atoms with Crippen molar-refractivity contribution in [3.05, 3.63) is 70.7 Å². The van der Waals surface area contributed by atoms with Gasteiger partial charge in [0.05, 0.1) is 5.75 Å². The van der Waals surface area contributed by atoms with Crippen LogP contribution in [0.2, 0.25) is 5.02 Å². The maximum absolute atomic E-state index is 12.7. The summed E-state index contributed by atoms with van der Waals surface area (Å²) >= 11 is 7.71. The van der Waals surface area contributed by atoms with Crippen LogP contribution in [0.3, 0.4) is 0 Å². The first-order chi connectivity index (χ1) is 11.5. The largest absolute Gasteiger partial charge is 0.218 e. The van der Waals surface area contributed by atoms with Crippen molar-refractivity contribution in [2.75, 3.05) is 18.8 Å². The summed E-state index contributed by atoms with van der Waals surface area (Å²) in [5.41, 5.74) is 2.05. The number of nitrogens with zero attached hydrogens (tertiary/aromatic N) is 1. The molecule has 1 aliphatic rings. The van der Waals surface area contributed by atoms with Crippen LogP contribution in [0.1, 0.15) is 22.8 Å². The lowest BCUT2D eigenvalue weighted by atomic mass is 10.1. The Morgan fingerprint density at radius 2 is 1.75 bits per heavy atom. The van der Waals surface area contributed by atoms with Crippen molar-refractivity contribution in [2.45, 2.75) is 17.4 Å². The van der Waals surface area contributed by atoms with E-state index in [-0.39, 0.29) is 5.75 Å². The fourth-order valence-electron chi connectivity index (χ4n) is 2.84. The van der Waals surface area contributed by atoms with Gasteiger partial charge in [0.1, 0.15) is 0 Å². The summed E-state index contributed by atoms with van der Waals surface area (Å²) in [4.78, 5) is 0. The van der Waals surface area contributed by atoms with Gasteiger partial charge in [-0.1, -0.05) is 54.1 Å². The second-order valence-electron chi connectivity index (χ2n) is 5.84. The van der Waals surface area contributed by atoms with E-state index in [9.17, 15) is 8.42 Å². The van der Waals surface area contributed by atoms with Crippen molar-refractivity contribution in [1.82, 2.24) is 4.31 Å². The lowest BCUT2D eigenvalue weighted by molar-refractivity contribution is 0.427. The molecule has 0 spiro atoms. The molecule has 3 rings (SSSR count). The molecule has 1 heterocycles. The number of hydrogen-bond donors (Lipinski definition) is 0. The zero-order valence-corrected chi connectivity index (χ0v) is 15.7. The molecule has 1 unspecified atom stereocenters. The van der Waals surface area contributed by atoms with Gasteiger partial charge in [-0.15, -0.1) is 0 Å². The van der Waals surface area contributed by atoms with Crippen LogP contribution in [0.4, 0.5) is 0 Å². The molecule has 1 saturated heterocycles. The summed E-state index contributed by atoms with van der Waals surface area (Å²) in [7, 11) is -3.30. The van der Waals surface area contributed by atoms with Gasteiger partial charge in [0.15, 0.2) is 0 Å². The fourth-order valence-corrected chi connectivity index (χ4v) is 5.87. The van der Waals surface area contributed by atoms with E-state index in [4.69, 9.17) is 11.6 Å². The van der Waals surface area contributed by atoms with Gasteiger partial charge >= 0.3 is 0 Å². The zero-order valence-electron chi connectivity index (χ0n) is 13.3. The molecule has 2 aromatic rings. The third-order valence-electron chi connectivity index (χ3n) is 4.13. The molecule has 0 N–H and O–H groups in total. The standard InChI is InChI=1S/C18H20ClNO2S2/c19-17-8-6-15(7-9-17)14-24(21,22)20-11-10-18(23-13-12-20)16-4-2-1-3-5-16/h1-9,18H,10-14H2. The minimum atomic E-state index is -3.30. The first-order valence-electron chi connectivity index (χ1n) is 7.93. The molecule has 3 nitrogen and oxygen atoms in total. The highest BCUT2D eigenvalue weighted by Crippen LogP contribution is 2.35. The van der Waals surface area contributed by atoms with Crippen LogP contribution < -0.4 is 0 Å². The third kappa shape index (κ3) is 4.54. The first-order valence-corrected chi connectivity index (χ1v) is 11.0. The monoisotopic (exact) mass is 381 g/mol. The van der Waals surface area contributed by atoms with E-state index < -0.39 is 10.0 Å². The summed E-state index contributed by atoms with van der Waals surface area (Å²) in [6.45, 7) is 1.15. The molecular weight excluding hydrogens is 362 g/mol. The number of benzene rings is 2. The van der Waals surface area contributed by atoms with Crippen LogP contribution in [-0.4, -0.2) is 31.6 Å². The predicted molar refractivity (Wildman–Crippen MR) is 102 cm³/mol. The van der Waals surface area contributed by atoms with Crippen LogP contribution in [0, 0.1) is 0 Å². The highest BCUT2D eigenvalue weighted by molar-refractivity contribution is 7.99. The Labute approximate surface area is 153 Å². The Balaban J connectivity index is 1.67. The predicted octanol–water partition coefficient (Wildman–Crippen LogP) is 4.35. The van der Waals surface area contributed by atoms with Gasteiger partial charge in [-0.3, -0.25) is 0 Å². The molecule has 1 aliphatic heterocycles. The molecule has 2 aromatic carbocycles. The summed E-state index contributed by atoms with van der Waals surface area (Å²) in [5.74, 6) is 0.851. The van der Waals surface area contributed by atoms with Crippen LogP contribution in [-0.2, 0) is 15.8 Å². The zero-order chi connectivity index (χ0) is 17.0. The minimum Gasteiger partial charge on any atom is -0.212 e. The van der Waals surface area contributed by atoms with Gasteiger partial charge in [-0.25, -0.2) is 12.7 Å². The van der Waals surface area contributed by atoms with Crippen molar-refractivity contribution in [3.63, 3.8) is 0 Å². The van der Waals surface area contributed by atoms with E-state index in [2.05, 4.69) is 12.1 Å². The SMILES string of the molecule is O=S(=O)(Cc1ccc(Cl)cc1)N1CCSC(c2ccccc2)CC1. The Kier molecular flexibility index (Phi) is 5.87. The van der Waals surface area contributed by atoms with Crippen LogP contribution >= 0.6 is 23.4 Å². The molecule has 0 amide bonds. The molecule has 6 heteroatoms. The topological polar surface area (TPSA) is 37.4 Å². The average molecular weight is 382 g/mol. The first kappa shape index (κ1) is 17.8. The van der Waals surface area contributed by atoms with Crippen molar-refractivity contribution >= 4 is 33.4 Å². The number of halogens is 1. The van der Waals surface area contributed by atoms with E-state index in [1.165, 1.54) is 5.56 Å². The minimum absolute atomic E-state index is 0.0326. The molecule has 1 fully saturated rings. The van der Waals surface area contributed by atoms with Crippen molar-refractivity contribution in [3.8, 4) is 0 Å². The van der Waals surface area contributed by atoms with E-state index in [1.54, 1.807) is 28.6 Å². The van der Waals surface area contributed by atoms with E-state index >= 15 is 0 Å². The lowest BCUT2D eigenvalue weighted by Gasteiger charge is -2.20. The number of sulfonamides is 1. The van der Waals surface area contributed by atoms with Crippen LogP contribution in [0.15, 0.2) is 54.6 Å². The third-order valence-corrected chi connectivity index (χ3v) is 7.56. The average Bonchev–Trinajstić information content (AvgIpc) is 2.84.